The molecule has 0 spiro atoms. The van der Waals surface area contributed by atoms with Crippen LogP contribution in [0.5, 0.6) is 5.75 Å². The Morgan fingerprint density at radius 3 is 2.92 bits per heavy atom. The number of nitrogens with zero attached hydrogens (tertiary/aromatic N) is 1. The molecule has 6 nitrogen and oxygen atoms in total. The van der Waals surface area contributed by atoms with E-state index in [0.29, 0.717) is 24.4 Å². The van der Waals surface area contributed by atoms with E-state index in [2.05, 4.69) is 4.98 Å². The molecule has 132 valence electrons. The molecule has 0 bridgehead atoms. The lowest BCUT2D eigenvalue weighted by atomic mass is 10.1. The van der Waals surface area contributed by atoms with Crippen molar-refractivity contribution in [3.05, 3.63) is 63.8 Å². The minimum Gasteiger partial charge on any atom is -0.490 e. The Morgan fingerprint density at radius 2 is 2.20 bits per heavy atom. The van der Waals surface area contributed by atoms with Gasteiger partial charge in [-0.1, -0.05) is 6.07 Å². The number of carbonyl (C=O) groups excluding carboxylic acids is 1. The number of aryl methyl sites for hydroxylation is 1. The summed E-state index contributed by atoms with van der Waals surface area (Å²) in [5.74, 6) is -0.539. The van der Waals surface area contributed by atoms with Crippen LogP contribution in [0.15, 0.2) is 41.2 Å². The topological polar surface area (TPSA) is 82.6 Å². The number of likely N-dealkylation sites (tertiary alicyclic amines) is 1. The minimum absolute atomic E-state index is 0.0425. The van der Waals surface area contributed by atoms with Crippen LogP contribution in [-0.2, 0) is 0 Å². The first-order chi connectivity index (χ1) is 11.9. The van der Waals surface area contributed by atoms with E-state index in [9.17, 15) is 19.1 Å². The first-order valence-corrected chi connectivity index (χ1v) is 7.96. The molecule has 1 saturated heterocycles. The number of benzene rings is 1. The molecule has 1 fully saturated rings. The Bertz CT molecular complexity index is 851. The number of ether oxygens (including phenoxy) is 1. The fourth-order valence-electron chi connectivity index (χ4n) is 2.83. The quantitative estimate of drug-likeness (QED) is 0.878. The van der Waals surface area contributed by atoms with Gasteiger partial charge < -0.3 is 19.7 Å². The molecule has 0 saturated carbocycles. The molecule has 1 aliphatic heterocycles. The molecule has 25 heavy (non-hydrogen) atoms. The van der Waals surface area contributed by atoms with E-state index in [1.165, 1.54) is 29.2 Å². The Labute approximate surface area is 143 Å². The molecule has 2 aromatic rings. The van der Waals surface area contributed by atoms with E-state index in [4.69, 9.17) is 4.74 Å². The van der Waals surface area contributed by atoms with Crippen molar-refractivity contribution >= 4 is 5.91 Å². The SMILES string of the molecule is Cc1ccc(C(=O)N2CC[C@](O)(COc3cccc(F)c3)C2)c(=O)[nH]1. The molecule has 0 unspecified atom stereocenters. The highest BCUT2D eigenvalue weighted by Crippen LogP contribution is 2.24. The summed E-state index contributed by atoms with van der Waals surface area (Å²) in [4.78, 5) is 28.4. The summed E-state index contributed by atoms with van der Waals surface area (Å²) in [6.07, 6.45) is 0.317. The van der Waals surface area contributed by atoms with Crippen LogP contribution in [0.3, 0.4) is 0 Å². The molecule has 1 amide bonds. The van der Waals surface area contributed by atoms with Crippen molar-refractivity contribution in [2.45, 2.75) is 18.9 Å². The van der Waals surface area contributed by atoms with Gasteiger partial charge in [-0.3, -0.25) is 9.59 Å². The third-order valence-electron chi connectivity index (χ3n) is 4.21. The molecule has 0 radical (unpaired) electrons. The number of hydrogen-bond acceptors (Lipinski definition) is 4. The Hall–Kier alpha value is -2.67. The largest absolute Gasteiger partial charge is 0.490 e. The average molecular weight is 346 g/mol. The molecule has 1 aliphatic rings. The van der Waals surface area contributed by atoms with Crippen LogP contribution in [0.25, 0.3) is 0 Å². The van der Waals surface area contributed by atoms with Crippen molar-refractivity contribution in [1.82, 2.24) is 9.88 Å². The van der Waals surface area contributed by atoms with Crippen LogP contribution in [0, 0.1) is 12.7 Å². The monoisotopic (exact) mass is 346 g/mol. The Balaban J connectivity index is 1.65. The lowest BCUT2D eigenvalue weighted by molar-refractivity contribution is 0.00420. The van der Waals surface area contributed by atoms with E-state index < -0.39 is 22.9 Å². The van der Waals surface area contributed by atoms with Crippen molar-refractivity contribution < 1.29 is 19.0 Å². The lowest BCUT2D eigenvalue weighted by Crippen LogP contribution is -2.41. The molecule has 2 heterocycles. The number of amides is 1. The smallest absolute Gasteiger partial charge is 0.260 e. The first-order valence-electron chi connectivity index (χ1n) is 7.96. The summed E-state index contributed by atoms with van der Waals surface area (Å²) in [7, 11) is 0. The number of nitrogens with one attached hydrogen (secondary N) is 1. The van der Waals surface area contributed by atoms with Gasteiger partial charge in [-0.2, -0.15) is 0 Å². The van der Waals surface area contributed by atoms with Crippen LogP contribution in [0.1, 0.15) is 22.5 Å². The summed E-state index contributed by atoms with van der Waals surface area (Å²) in [6, 6.07) is 8.78. The summed E-state index contributed by atoms with van der Waals surface area (Å²) < 4.78 is 18.6. The van der Waals surface area contributed by atoms with E-state index in [-0.39, 0.29) is 18.7 Å². The second kappa shape index (κ2) is 6.68. The van der Waals surface area contributed by atoms with Gasteiger partial charge in [0.1, 0.15) is 29.3 Å². The Morgan fingerprint density at radius 1 is 1.40 bits per heavy atom. The summed E-state index contributed by atoms with van der Waals surface area (Å²) in [6.45, 7) is 2.03. The zero-order chi connectivity index (χ0) is 18.0. The summed E-state index contributed by atoms with van der Waals surface area (Å²) in [5.41, 5.74) is -0.972. The lowest BCUT2D eigenvalue weighted by Gasteiger charge is -2.23. The minimum atomic E-state index is -1.24. The van der Waals surface area contributed by atoms with Gasteiger partial charge in [0.25, 0.3) is 11.5 Å². The number of rotatable bonds is 4. The van der Waals surface area contributed by atoms with Crippen molar-refractivity contribution in [1.29, 1.82) is 0 Å². The van der Waals surface area contributed by atoms with Gasteiger partial charge in [0.15, 0.2) is 0 Å². The zero-order valence-electron chi connectivity index (χ0n) is 13.8. The summed E-state index contributed by atoms with van der Waals surface area (Å²) >= 11 is 0. The number of carbonyl (C=O) groups is 1. The zero-order valence-corrected chi connectivity index (χ0v) is 13.8. The fraction of sp³-hybridized carbons (Fsp3) is 0.333. The number of aromatic nitrogens is 1. The van der Waals surface area contributed by atoms with Crippen molar-refractivity contribution in [2.75, 3.05) is 19.7 Å². The van der Waals surface area contributed by atoms with Gasteiger partial charge >= 0.3 is 0 Å². The molecule has 2 N–H and O–H groups in total. The molecule has 1 aromatic heterocycles. The van der Waals surface area contributed by atoms with Gasteiger partial charge in [0, 0.05) is 18.3 Å². The highest BCUT2D eigenvalue weighted by atomic mass is 19.1. The fourth-order valence-corrected chi connectivity index (χ4v) is 2.83. The van der Waals surface area contributed by atoms with E-state index in [1.807, 2.05) is 0 Å². The number of H-pyrrole nitrogens is 1. The molecular weight excluding hydrogens is 327 g/mol. The molecule has 1 atom stereocenters. The van der Waals surface area contributed by atoms with Crippen LogP contribution in [0.4, 0.5) is 4.39 Å². The highest BCUT2D eigenvalue weighted by Gasteiger charge is 2.39. The second-order valence-electron chi connectivity index (χ2n) is 6.33. The number of aliphatic hydroxyl groups is 1. The maximum atomic E-state index is 13.2. The number of β-amino-alcohol motifs (C(OH)–C–C–N with tert-alkyl or cyclic N) is 1. The molecule has 7 heteroatoms. The Kier molecular flexibility index (Phi) is 4.59. The average Bonchev–Trinajstić information content (AvgIpc) is 2.96. The van der Waals surface area contributed by atoms with Crippen LogP contribution in [0.2, 0.25) is 0 Å². The maximum absolute atomic E-state index is 13.2. The predicted molar refractivity (Wildman–Crippen MR) is 89.2 cm³/mol. The van der Waals surface area contributed by atoms with Crippen LogP contribution < -0.4 is 10.3 Å². The molecule has 3 rings (SSSR count). The summed E-state index contributed by atoms with van der Waals surface area (Å²) in [5, 5.41) is 10.6. The maximum Gasteiger partial charge on any atom is 0.260 e. The number of pyridine rings is 1. The second-order valence-corrected chi connectivity index (χ2v) is 6.33. The van der Waals surface area contributed by atoms with Gasteiger partial charge in [0.05, 0.1) is 6.54 Å². The van der Waals surface area contributed by atoms with E-state index in [1.54, 1.807) is 19.1 Å². The van der Waals surface area contributed by atoms with E-state index in [0.717, 1.165) is 0 Å². The van der Waals surface area contributed by atoms with E-state index >= 15 is 0 Å². The van der Waals surface area contributed by atoms with Gasteiger partial charge in [-0.25, -0.2) is 4.39 Å². The number of aromatic amines is 1. The predicted octanol–water partition coefficient (Wildman–Crippen LogP) is 1.48. The molecule has 1 aromatic carbocycles. The molecular formula is C18H19FN2O4. The van der Waals surface area contributed by atoms with Gasteiger partial charge in [0.2, 0.25) is 0 Å². The number of halogens is 1. The van der Waals surface area contributed by atoms with Crippen molar-refractivity contribution in [3.63, 3.8) is 0 Å². The third-order valence-corrected chi connectivity index (χ3v) is 4.21. The first kappa shape index (κ1) is 17.2. The van der Waals surface area contributed by atoms with Crippen molar-refractivity contribution in [2.24, 2.45) is 0 Å². The van der Waals surface area contributed by atoms with Gasteiger partial charge in [-0.05, 0) is 37.6 Å². The molecule has 0 aliphatic carbocycles. The normalized spacial score (nSPS) is 19.9. The number of hydrogen-bond donors (Lipinski definition) is 2. The highest BCUT2D eigenvalue weighted by molar-refractivity contribution is 5.94. The van der Waals surface area contributed by atoms with Crippen molar-refractivity contribution in [3.8, 4) is 5.75 Å². The third kappa shape index (κ3) is 3.88. The van der Waals surface area contributed by atoms with Gasteiger partial charge in [-0.15, -0.1) is 0 Å². The standard InChI is InChI=1S/C18H19FN2O4/c1-12-5-6-15(16(22)20-12)17(23)21-8-7-18(24,10-21)11-25-14-4-2-3-13(19)9-14/h2-6,9,24H,7-8,10-11H2,1H3,(H,20,22)/t18-/m1/s1. The van der Waals surface area contributed by atoms with Crippen LogP contribution >= 0.6 is 0 Å². The van der Waals surface area contributed by atoms with Crippen LogP contribution in [-0.4, -0.2) is 46.2 Å².